The van der Waals surface area contributed by atoms with E-state index in [0.29, 0.717) is 13.0 Å². The van der Waals surface area contributed by atoms with Crippen LogP contribution >= 0.6 is 0 Å². The zero-order valence-electron chi connectivity index (χ0n) is 13.1. The highest BCUT2D eigenvalue weighted by Gasteiger charge is 2.38. The summed E-state index contributed by atoms with van der Waals surface area (Å²) >= 11 is 0. The molecule has 0 spiro atoms. The average molecular weight is 318 g/mol. The number of aryl methyl sites for hydroxylation is 1. The van der Waals surface area contributed by atoms with Crippen LogP contribution in [0.4, 0.5) is 4.39 Å². The van der Waals surface area contributed by atoms with Gasteiger partial charge < -0.3 is 9.64 Å². The molecule has 0 aromatic carbocycles. The molecule has 1 saturated heterocycles. The van der Waals surface area contributed by atoms with Crippen molar-refractivity contribution in [3.8, 4) is 0 Å². The number of carbonyl (C=O) groups is 1. The van der Waals surface area contributed by atoms with Gasteiger partial charge in [0.15, 0.2) is 5.82 Å². The highest BCUT2D eigenvalue weighted by molar-refractivity contribution is 5.94. The summed E-state index contributed by atoms with van der Waals surface area (Å²) in [6, 6.07) is 1.28. The van der Waals surface area contributed by atoms with Crippen LogP contribution in [-0.2, 0) is 18.2 Å². The molecule has 6 nitrogen and oxygen atoms in total. The maximum absolute atomic E-state index is 13.9. The number of carbonyl (C=O) groups excluding carboxylic acids is 1. The zero-order valence-corrected chi connectivity index (χ0v) is 13.1. The van der Waals surface area contributed by atoms with Gasteiger partial charge in [0.1, 0.15) is 0 Å². The molecule has 1 fully saturated rings. The fourth-order valence-corrected chi connectivity index (χ4v) is 3.12. The van der Waals surface area contributed by atoms with E-state index in [9.17, 15) is 9.18 Å². The normalized spacial score (nSPS) is 20.9. The van der Waals surface area contributed by atoms with Crippen molar-refractivity contribution in [1.29, 1.82) is 0 Å². The molecule has 3 heterocycles. The fraction of sp³-hybridized carbons (Fsp3) is 0.438. The highest BCUT2D eigenvalue weighted by Crippen LogP contribution is 2.26. The Kier molecular flexibility index (Phi) is 4.38. The van der Waals surface area contributed by atoms with Crippen LogP contribution in [0.1, 0.15) is 22.3 Å². The standard InChI is InChI=1S/C16H19FN4O2/c1-20-10-11(8-19-20)7-14-15(23-2)4-6-21(14)16(22)12-3-5-18-9-13(12)17/h3,5,8-10,14-15H,4,6-7H2,1-2H3/t14-,15-/m0/s1. The number of pyridine rings is 1. The van der Waals surface area contributed by atoms with Crippen LogP contribution in [0.5, 0.6) is 0 Å². The van der Waals surface area contributed by atoms with E-state index >= 15 is 0 Å². The number of halogens is 1. The average Bonchev–Trinajstić information content (AvgIpc) is 3.13. The number of ether oxygens (including phenoxy) is 1. The van der Waals surface area contributed by atoms with Crippen molar-refractivity contribution >= 4 is 5.91 Å². The van der Waals surface area contributed by atoms with Gasteiger partial charge in [-0.1, -0.05) is 0 Å². The van der Waals surface area contributed by atoms with Crippen molar-refractivity contribution in [2.45, 2.75) is 25.0 Å². The Balaban J connectivity index is 1.84. The van der Waals surface area contributed by atoms with E-state index in [1.54, 1.807) is 22.9 Å². The van der Waals surface area contributed by atoms with E-state index in [-0.39, 0.29) is 23.6 Å². The van der Waals surface area contributed by atoms with Gasteiger partial charge in [-0.25, -0.2) is 4.39 Å². The van der Waals surface area contributed by atoms with E-state index in [1.165, 1.54) is 12.3 Å². The van der Waals surface area contributed by atoms with E-state index < -0.39 is 5.82 Å². The molecule has 2 aromatic heterocycles. The molecule has 0 N–H and O–H groups in total. The monoisotopic (exact) mass is 318 g/mol. The summed E-state index contributed by atoms with van der Waals surface area (Å²) in [4.78, 5) is 18.1. The lowest BCUT2D eigenvalue weighted by atomic mass is 10.0. The maximum atomic E-state index is 13.9. The van der Waals surface area contributed by atoms with Crippen LogP contribution in [0, 0.1) is 5.82 Å². The Morgan fingerprint density at radius 3 is 2.96 bits per heavy atom. The molecule has 0 bridgehead atoms. The van der Waals surface area contributed by atoms with Gasteiger partial charge in [-0.15, -0.1) is 0 Å². The second-order valence-corrected chi connectivity index (χ2v) is 5.71. The fourth-order valence-electron chi connectivity index (χ4n) is 3.12. The van der Waals surface area contributed by atoms with Crippen LogP contribution in [-0.4, -0.2) is 51.4 Å². The van der Waals surface area contributed by atoms with Crippen LogP contribution < -0.4 is 0 Å². The van der Waals surface area contributed by atoms with Crippen molar-refractivity contribution in [2.75, 3.05) is 13.7 Å². The van der Waals surface area contributed by atoms with E-state index in [2.05, 4.69) is 10.1 Å². The first-order chi connectivity index (χ1) is 11.1. The van der Waals surface area contributed by atoms with Crippen molar-refractivity contribution in [1.82, 2.24) is 19.7 Å². The number of hydrogen-bond acceptors (Lipinski definition) is 4. The summed E-state index contributed by atoms with van der Waals surface area (Å²) in [7, 11) is 3.49. The van der Waals surface area contributed by atoms with Crippen LogP contribution in [0.15, 0.2) is 30.9 Å². The Labute approximate surface area is 133 Å². The number of likely N-dealkylation sites (tertiary alicyclic amines) is 1. The molecule has 0 saturated carbocycles. The molecule has 7 heteroatoms. The van der Waals surface area contributed by atoms with Gasteiger partial charge in [-0.2, -0.15) is 5.10 Å². The van der Waals surface area contributed by atoms with Crippen LogP contribution in [0.3, 0.4) is 0 Å². The molecule has 1 aliphatic heterocycles. The molecule has 0 radical (unpaired) electrons. The number of amides is 1. The largest absolute Gasteiger partial charge is 0.379 e. The molecule has 3 rings (SSSR count). The predicted molar refractivity (Wildman–Crippen MR) is 81.3 cm³/mol. The van der Waals surface area contributed by atoms with Gasteiger partial charge in [0.2, 0.25) is 0 Å². The maximum Gasteiger partial charge on any atom is 0.257 e. The summed E-state index contributed by atoms with van der Waals surface area (Å²) < 4.78 is 21.1. The van der Waals surface area contributed by atoms with Crippen LogP contribution in [0.25, 0.3) is 0 Å². The molecule has 1 amide bonds. The lowest BCUT2D eigenvalue weighted by molar-refractivity contribution is 0.0505. The summed E-state index contributed by atoms with van der Waals surface area (Å²) in [5.41, 5.74) is 1.07. The minimum atomic E-state index is -0.599. The third-order valence-corrected chi connectivity index (χ3v) is 4.25. The molecule has 0 aliphatic carbocycles. The zero-order chi connectivity index (χ0) is 16.4. The molecule has 23 heavy (non-hydrogen) atoms. The predicted octanol–water partition coefficient (Wildman–Crippen LogP) is 1.43. The summed E-state index contributed by atoms with van der Waals surface area (Å²) in [5, 5.41) is 4.16. The highest BCUT2D eigenvalue weighted by atomic mass is 19.1. The minimum Gasteiger partial charge on any atom is -0.379 e. The topological polar surface area (TPSA) is 60.2 Å². The Bertz CT molecular complexity index is 703. The van der Waals surface area contributed by atoms with Gasteiger partial charge in [-0.05, 0) is 24.5 Å². The smallest absolute Gasteiger partial charge is 0.257 e. The minimum absolute atomic E-state index is 0.0490. The molecule has 122 valence electrons. The number of aromatic nitrogens is 3. The molecular formula is C16H19FN4O2. The van der Waals surface area contributed by atoms with E-state index in [1.807, 2.05) is 13.2 Å². The van der Waals surface area contributed by atoms with Gasteiger partial charge in [-0.3, -0.25) is 14.5 Å². The Morgan fingerprint density at radius 1 is 1.48 bits per heavy atom. The van der Waals surface area contributed by atoms with Crippen molar-refractivity contribution in [2.24, 2.45) is 7.05 Å². The SMILES string of the molecule is CO[C@H]1CCN(C(=O)c2ccncc2F)[C@H]1Cc1cnn(C)c1. The number of hydrogen-bond donors (Lipinski definition) is 0. The number of rotatable bonds is 4. The summed E-state index contributed by atoms with van der Waals surface area (Å²) in [6.45, 7) is 0.546. The van der Waals surface area contributed by atoms with Crippen LogP contribution in [0.2, 0.25) is 0 Å². The molecule has 2 atom stereocenters. The lowest BCUT2D eigenvalue weighted by Crippen LogP contribution is -2.42. The first-order valence-electron chi connectivity index (χ1n) is 7.51. The van der Waals surface area contributed by atoms with Gasteiger partial charge in [0.05, 0.1) is 30.1 Å². The summed E-state index contributed by atoms with van der Waals surface area (Å²) in [6.07, 6.45) is 7.49. The van der Waals surface area contributed by atoms with Crippen molar-refractivity contribution < 1.29 is 13.9 Å². The third kappa shape index (κ3) is 3.10. The third-order valence-electron chi connectivity index (χ3n) is 4.25. The molecule has 2 aromatic rings. The van der Waals surface area contributed by atoms with Gasteiger partial charge in [0, 0.05) is 33.1 Å². The van der Waals surface area contributed by atoms with Gasteiger partial charge in [0.25, 0.3) is 5.91 Å². The number of methoxy groups -OCH3 is 1. The molecular weight excluding hydrogens is 299 g/mol. The summed E-state index contributed by atoms with van der Waals surface area (Å²) in [5.74, 6) is -0.920. The number of nitrogens with zero attached hydrogens (tertiary/aromatic N) is 4. The van der Waals surface area contributed by atoms with E-state index in [4.69, 9.17) is 4.74 Å². The second kappa shape index (κ2) is 6.45. The molecule has 1 aliphatic rings. The van der Waals surface area contributed by atoms with Gasteiger partial charge >= 0.3 is 0 Å². The lowest BCUT2D eigenvalue weighted by Gasteiger charge is -2.27. The quantitative estimate of drug-likeness (QED) is 0.855. The van der Waals surface area contributed by atoms with Crippen molar-refractivity contribution in [3.63, 3.8) is 0 Å². The Hall–Kier alpha value is -2.28. The molecule has 0 unspecified atom stereocenters. The second-order valence-electron chi connectivity index (χ2n) is 5.71. The van der Waals surface area contributed by atoms with E-state index in [0.717, 1.165) is 18.2 Å². The van der Waals surface area contributed by atoms with Crippen molar-refractivity contribution in [3.05, 3.63) is 47.8 Å². The Morgan fingerprint density at radius 2 is 2.30 bits per heavy atom. The first kappa shape index (κ1) is 15.6. The first-order valence-corrected chi connectivity index (χ1v) is 7.51.